The molecule has 24 heavy (non-hydrogen) atoms. The number of carbonyl (C=O) groups is 1. The Hall–Kier alpha value is -2.96. The minimum atomic E-state index is -0.253. The van der Waals surface area contributed by atoms with Gasteiger partial charge in [0.25, 0.3) is 11.5 Å². The molecule has 0 aromatic carbocycles. The minimum Gasteiger partial charge on any atom is -0.352 e. The highest BCUT2D eigenvalue weighted by molar-refractivity contribution is 5.97. The first kappa shape index (κ1) is 14.6. The second-order valence-corrected chi connectivity index (χ2v) is 6.16. The van der Waals surface area contributed by atoms with Crippen molar-refractivity contribution < 1.29 is 4.79 Å². The van der Waals surface area contributed by atoms with Crippen LogP contribution in [0, 0.1) is 5.92 Å². The number of aryl methyl sites for hydroxylation is 1. The molecular formula is C17H17N5O2. The maximum absolute atomic E-state index is 12.4. The Bertz CT molecular complexity index is 959. The standard InChI is InChI=1S/C17H17N5O2/c23-16(13-6-11-3-4-18-17(24)15(11)19-8-13)20-7-10-1-2-12-9-21-22-14(12)5-10/h3-4,6,8-10H,1-2,5,7H2,(H,18,24)(H,20,23)(H,21,22). The molecule has 0 saturated heterocycles. The molecule has 0 fully saturated rings. The summed E-state index contributed by atoms with van der Waals surface area (Å²) < 4.78 is 0. The summed E-state index contributed by atoms with van der Waals surface area (Å²) in [6.45, 7) is 0.616. The molecule has 1 unspecified atom stereocenters. The lowest BCUT2D eigenvalue weighted by molar-refractivity contribution is 0.0945. The normalized spacial score (nSPS) is 16.8. The number of hydrogen-bond acceptors (Lipinski definition) is 4. The van der Waals surface area contributed by atoms with E-state index in [9.17, 15) is 9.59 Å². The second-order valence-electron chi connectivity index (χ2n) is 6.16. The predicted molar refractivity (Wildman–Crippen MR) is 88.8 cm³/mol. The van der Waals surface area contributed by atoms with Gasteiger partial charge in [-0.2, -0.15) is 5.10 Å². The van der Waals surface area contributed by atoms with Crippen LogP contribution in [0.5, 0.6) is 0 Å². The summed E-state index contributed by atoms with van der Waals surface area (Å²) in [4.78, 5) is 30.7. The molecule has 1 amide bonds. The minimum absolute atomic E-state index is 0.167. The summed E-state index contributed by atoms with van der Waals surface area (Å²) in [5, 5.41) is 10.7. The zero-order valence-electron chi connectivity index (χ0n) is 13.0. The van der Waals surface area contributed by atoms with Crippen molar-refractivity contribution in [1.82, 2.24) is 25.5 Å². The van der Waals surface area contributed by atoms with E-state index in [1.807, 2.05) is 6.20 Å². The lowest BCUT2D eigenvalue weighted by Gasteiger charge is -2.21. The van der Waals surface area contributed by atoms with Gasteiger partial charge in [0.2, 0.25) is 0 Å². The lowest BCUT2D eigenvalue weighted by Crippen LogP contribution is -2.32. The highest BCUT2D eigenvalue weighted by atomic mass is 16.1. The number of rotatable bonds is 3. The maximum atomic E-state index is 12.4. The first-order valence-corrected chi connectivity index (χ1v) is 7.97. The van der Waals surface area contributed by atoms with Crippen LogP contribution in [0.2, 0.25) is 0 Å². The summed E-state index contributed by atoms with van der Waals surface area (Å²) in [7, 11) is 0. The molecule has 3 aromatic rings. The van der Waals surface area contributed by atoms with Crippen LogP contribution in [0.3, 0.4) is 0 Å². The Balaban J connectivity index is 1.44. The van der Waals surface area contributed by atoms with Gasteiger partial charge in [-0.1, -0.05) is 0 Å². The van der Waals surface area contributed by atoms with Gasteiger partial charge in [-0.05, 0) is 42.9 Å². The van der Waals surface area contributed by atoms with E-state index in [0.717, 1.165) is 19.3 Å². The number of hydrogen-bond donors (Lipinski definition) is 3. The largest absolute Gasteiger partial charge is 0.352 e. The molecule has 7 heteroatoms. The van der Waals surface area contributed by atoms with Gasteiger partial charge in [-0.25, -0.2) is 4.98 Å². The number of pyridine rings is 2. The molecule has 1 aliphatic carbocycles. The number of nitrogens with zero attached hydrogens (tertiary/aromatic N) is 2. The van der Waals surface area contributed by atoms with E-state index in [1.54, 1.807) is 18.3 Å². The number of aromatic amines is 2. The van der Waals surface area contributed by atoms with Crippen molar-refractivity contribution in [2.24, 2.45) is 5.92 Å². The molecule has 1 atom stereocenters. The van der Waals surface area contributed by atoms with E-state index in [2.05, 4.69) is 25.5 Å². The molecule has 7 nitrogen and oxygen atoms in total. The quantitative estimate of drug-likeness (QED) is 0.673. The highest BCUT2D eigenvalue weighted by Crippen LogP contribution is 2.23. The van der Waals surface area contributed by atoms with Crippen molar-refractivity contribution in [3.05, 3.63) is 57.9 Å². The zero-order valence-corrected chi connectivity index (χ0v) is 13.0. The number of H-pyrrole nitrogens is 2. The SMILES string of the molecule is O=C(NCC1CCc2cn[nH]c2C1)c1cnc2c(=O)[nH]ccc2c1. The predicted octanol–water partition coefficient (Wildman–Crippen LogP) is 1.18. The van der Waals surface area contributed by atoms with E-state index in [1.165, 1.54) is 17.5 Å². The van der Waals surface area contributed by atoms with E-state index in [-0.39, 0.29) is 11.5 Å². The van der Waals surface area contributed by atoms with Crippen LogP contribution in [0.1, 0.15) is 28.0 Å². The Kier molecular flexibility index (Phi) is 3.60. The van der Waals surface area contributed by atoms with E-state index < -0.39 is 0 Å². The molecule has 0 saturated carbocycles. The maximum Gasteiger partial charge on any atom is 0.274 e. The number of carbonyl (C=O) groups excluding carboxylic acids is 1. The molecule has 3 heterocycles. The summed E-state index contributed by atoms with van der Waals surface area (Å²) in [6.07, 6.45) is 7.82. The Labute approximate surface area is 137 Å². The van der Waals surface area contributed by atoms with Gasteiger partial charge < -0.3 is 10.3 Å². The van der Waals surface area contributed by atoms with Gasteiger partial charge in [0.1, 0.15) is 5.52 Å². The lowest BCUT2D eigenvalue weighted by atomic mass is 9.88. The summed E-state index contributed by atoms with van der Waals surface area (Å²) in [6, 6.07) is 3.43. The van der Waals surface area contributed by atoms with Crippen molar-refractivity contribution in [3.63, 3.8) is 0 Å². The topological polar surface area (TPSA) is 104 Å². The third-order valence-corrected chi connectivity index (χ3v) is 4.55. The second kappa shape index (κ2) is 5.92. The summed E-state index contributed by atoms with van der Waals surface area (Å²) in [5.74, 6) is 0.234. The Morgan fingerprint density at radius 3 is 3.21 bits per heavy atom. The summed E-state index contributed by atoms with van der Waals surface area (Å²) in [5.41, 5.74) is 3.00. The first-order chi connectivity index (χ1) is 11.7. The number of nitrogens with one attached hydrogen (secondary N) is 3. The van der Waals surface area contributed by atoms with Crippen molar-refractivity contribution in [1.29, 1.82) is 0 Å². The van der Waals surface area contributed by atoms with E-state index in [4.69, 9.17) is 0 Å². The third kappa shape index (κ3) is 2.68. The van der Waals surface area contributed by atoms with Gasteiger partial charge in [-0.3, -0.25) is 14.7 Å². The molecule has 3 aromatic heterocycles. The smallest absolute Gasteiger partial charge is 0.274 e. The molecule has 0 bridgehead atoms. The van der Waals surface area contributed by atoms with Crippen molar-refractivity contribution in [3.8, 4) is 0 Å². The fourth-order valence-corrected chi connectivity index (χ4v) is 3.19. The van der Waals surface area contributed by atoms with Gasteiger partial charge in [0.15, 0.2) is 0 Å². The monoisotopic (exact) mass is 323 g/mol. The molecule has 0 spiro atoms. The van der Waals surface area contributed by atoms with E-state index in [0.29, 0.717) is 28.9 Å². The van der Waals surface area contributed by atoms with Crippen molar-refractivity contribution >= 4 is 16.8 Å². The fourth-order valence-electron chi connectivity index (χ4n) is 3.19. The Morgan fingerprint density at radius 1 is 1.38 bits per heavy atom. The van der Waals surface area contributed by atoms with Crippen molar-refractivity contribution in [2.45, 2.75) is 19.3 Å². The van der Waals surface area contributed by atoms with E-state index >= 15 is 0 Å². The van der Waals surface area contributed by atoms with Gasteiger partial charge in [0.05, 0.1) is 11.8 Å². The number of fused-ring (bicyclic) bond motifs is 2. The zero-order chi connectivity index (χ0) is 16.5. The molecule has 0 radical (unpaired) electrons. The van der Waals surface area contributed by atoms with Gasteiger partial charge in [-0.15, -0.1) is 0 Å². The number of aromatic nitrogens is 4. The van der Waals surface area contributed by atoms with Crippen LogP contribution >= 0.6 is 0 Å². The van der Waals surface area contributed by atoms with Crippen LogP contribution in [-0.4, -0.2) is 32.6 Å². The van der Waals surface area contributed by atoms with Crippen LogP contribution in [0.15, 0.2) is 35.5 Å². The first-order valence-electron chi connectivity index (χ1n) is 7.97. The average Bonchev–Trinajstić information content (AvgIpc) is 3.07. The Morgan fingerprint density at radius 2 is 2.29 bits per heavy atom. The molecule has 0 aliphatic heterocycles. The molecule has 4 rings (SSSR count). The van der Waals surface area contributed by atoms with Crippen LogP contribution in [-0.2, 0) is 12.8 Å². The van der Waals surface area contributed by atoms with Gasteiger partial charge >= 0.3 is 0 Å². The molecule has 122 valence electrons. The molecular weight excluding hydrogens is 306 g/mol. The summed E-state index contributed by atoms with van der Waals surface area (Å²) >= 11 is 0. The molecule has 3 N–H and O–H groups in total. The van der Waals surface area contributed by atoms with Crippen LogP contribution in [0.25, 0.3) is 10.9 Å². The average molecular weight is 323 g/mol. The van der Waals surface area contributed by atoms with Gasteiger partial charge in [0, 0.05) is 30.0 Å². The van der Waals surface area contributed by atoms with Crippen LogP contribution in [0.4, 0.5) is 0 Å². The van der Waals surface area contributed by atoms with Crippen LogP contribution < -0.4 is 10.9 Å². The third-order valence-electron chi connectivity index (χ3n) is 4.55. The molecule has 1 aliphatic rings. The fraction of sp³-hybridized carbons (Fsp3) is 0.294. The van der Waals surface area contributed by atoms with Crippen molar-refractivity contribution in [2.75, 3.05) is 6.54 Å². The highest BCUT2D eigenvalue weighted by Gasteiger charge is 2.20. The number of amides is 1.